The maximum absolute atomic E-state index is 13.0. The number of rotatable bonds is 5. The molecule has 2 fully saturated rings. The monoisotopic (exact) mass is 380 g/mol. The third-order valence-electron chi connectivity index (χ3n) is 5.51. The molecule has 2 unspecified atom stereocenters. The molecule has 1 aromatic rings. The van der Waals surface area contributed by atoms with Gasteiger partial charge in [0.05, 0.1) is 7.11 Å². The summed E-state index contributed by atoms with van der Waals surface area (Å²) in [6, 6.07) is 4.59. The van der Waals surface area contributed by atoms with Crippen molar-refractivity contribution in [1.29, 1.82) is 0 Å². The average molecular weight is 381 g/mol. The van der Waals surface area contributed by atoms with Gasteiger partial charge < -0.3 is 9.64 Å². The predicted octanol–water partition coefficient (Wildman–Crippen LogP) is 2.79. The molecule has 0 spiro atoms. The lowest BCUT2D eigenvalue weighted by Crippen LogP contribution is -2.41. The van der Waals surface area contributed by atoms with E-state index in [2.05, 4.69) is 11.6 Å². The zero-order valence-corrected chi connectivity index (χ0v) is 16.3. The first kappa shape index (κ1) is 19.2. The zero-order chi connectivity index (χ0) is 18.7. The fraction of sp³-hybridized carbons (Fsp3) is 0.632. The Labute approximate surface area is 156 Å². The lowest BCUT2D eigenvalue weighted by molar-refractivity contribution is 0.0792. The summed E-state index contributed by atoms with van der Waals surface area (Å²) >= 11 is 0. The Balaban J connectivity index is 1.88. The summed E-state index contributed by atoms with van der Waals surface area (Å²) < 4.78 is 34.1. The average Bonchev–Trinajstić information content (AvgIpc) is 3.17. The van der Waals surface area contributed by atoms with Crippen LogP contribution in [0.5, 0.6) is 5.75 Å². The molecule has 1 N–H and O–H groups in total. The molecule has 1 saturated heterocycles. The molecule has 7 heteroatoms. The van der Waals surface area contributed by atoms with Crippen LogP contribution in [0.2, 0.25) is 0 Å². The minimum atomic E-state index is -3.76. The fourth-order valence-corrected chi connectivity index (χ4v) is 5.45. The van der Waals surface area contributed by atoms with Gasteiger partial charge in [-0.2, -0.15) is 0 Å². The van der Waals surface area contributed by atoms with E-state index in [4.69, 9.17) is 4.74 Å². The third-order valence-corrected chi connectivity index (χ3v) is 7.02. The van der Waals surface area contributed by atoms with Gasteiger partial charge in [0.2, 0.25) is 10.0 Å². The molecular weight excluding hydrogens is 352 g/mol. The van der Waals surface area contributed by atoms with Gasteiger partial charge in [-0.3, -0.25) is 4.79 Å². The van der Waals surface area contributed by atoms with Gasteiger partial charge in [-0.15, -0.1) is 0 Å². The number of likely N-dealkylation sites (tertiary alicyclic amines) is 1. The van der Waals surface area contributed by atoms with Crippen LogP contribution >= 0.6 is 0 Å². The van der Waals surface area contributed by atoms with E-state index in [-0.39, 0.29) is 22.6 Å². The Kier molecular flexibility index (Phi) is 5.87. The van der Waals surface area contributed by atoms with Gasteiger partial charge in [0.25, 0.3) is 5.91 Å². The van der Waals surface area contributed by atoms with Crippen LogP contribution in [0.1, 0.15) is 55.8 Å². The van der Waals surface area contributed by atoms with E-state index in [9.17, 15) is 13.2 Å². The van der Waals surface area contributed by atoms with Crippen LogP contribution in [0, 0.1) is 5.92 Å². The highest BCUT2D eigenvalue weighted by Crippen LogP contribution is 2.29. The summed E-state index contributed by atoms with van der Waals surface area (Å²) in [6.45, 7) is 3.53. The zero-order valence-electron chi connectivity index (χ0n) is 15.5. The van der Waals surface area contributed by atoms with E-state index in [1.54, 1.807) is 17.0 Å². The molecule has 6 nitrogen and oxygen atoms in total. The van der Waals surface area contributed by atoms with E-state index < -0.39 is 10.0 Å². The summed E-state index contributed by atoms with van der Waals surface area (Å²) in [5.74, 6) is 0.450. The first-order valence-electron chi connectivity index (χ1n) is 9.42. The van der Waals surface area contributed by atoms with Crippen molar-refractivity contribution in [2.24, 2.45) is 5.92 Å². The van der Waals surface area contributed by atoms with Crippen LogP contribution in [-0.2, 0) is 10.0 Å². The number of hydrogen-bond donors (Lipinski definition) is 1. The molecular formula is C19H28N2O4S. The number of nitrogens with one attached hydrogen (secondary N) is 1. The Bertz CT molecular complexity index is 757. The van der Waals surface area contributed by atoms with Crippen molar-refractivity contribution in [3.8, 4) is 5.75 Å². The van der Waals surface area contributed by atoms with Crippen molar-refractivity contribution in [3.63, 3.8) is 0 Å². The molecule has 1 heterocycles. The van der Waals surface area contributed by atoms with Crippen LogP contribution in [0.15, 0.2) is 23.1 Å². The number of amides is 1. The molecule has 144 valence electrons. The second-order valence-corrected chi connectivity index (χ2v) is 9.04. The SMILES string of the molecule is COc1ccc(C(=O)N2CCCC2)cc1S(=O)(=O)NC1CCCCC1C. The van der Waals surface area contributed by atoms with Crippen LogP contribution < -0.4 is 9.46 Å². The van der Waals surface area contributed by atoms with Crippen LogP contribution in [0.4, 0.5) is 0 Å². The molecule has 1 saturated carbocycles. The number of ether oxygens (including phenoxy) is 1. The summed E-state index contributed by atoms with van der Waals surface area (Å²) in [4.78, 5) is 14.5. The van der Waals surface area contributed by atoms with Gasteiger partial charge >= 0.3 is 0 Å². The Morgan fingerprint density at radius 2 is 1.85 bits per heavy atom. The van der Waals surface area contributed by atoms with Crippen molar-refractivity contribution >= 4 is 15.9 Å². The number of nitrogens with zero attached hydrogens (tertiary/aromatic N) is 1. The smallest absolute Gasteiger partial charge is 0.253 e. The van der Waals surface area contributed by atoms with Crippen molar-refractivity contribution in [3.05, 3.63) is 23.8 Å². The standard InChI is InChI=1S/C19H28N2O4S/c1-14-7-3-4-8-16(14)20-26(23,24)18-13-15(9-10-17(18)25-2)19(22)21-11-5-6-12-21/h9-10,13-14,16,20H,3-8,11-12H2,1-2H3. The van der Waals surface area contributed by atoms with E-state index in [0.29, 0.717) is 11.5 Å². The summed E-state index contributed by atoms with van der Waals surface area (Å²) in [6.07, 6.45) is 6.03. The Morgan fingerprint density at radius 3 is 2.50 bits per heavy atom. The summed E-state index contributed by atoms with van der Waals surface area (Å²) in [5.41, 5.74) is 0.393. The van der Waals surface area contributed by atoms with Crippen LogP contribution in [0.3, 0.4) is 0 Å². The number of benzene rings is 1. The Hall–Kier alpha value is -1.60. The summed E-state index contributed by atoms with van der Waals surface area (Å²) in [5, 5.41) is 0. The minimum absolute atomic E-state index is 0.0443. The van der Waals surface area contributed by atoms with Crippen molar-refractivity contribution in [2.45, 2.75) is 56.4 Å². The van der Waals surface area contributed by atoms with E-state index in [0.717, 1.165) is 51.6 Å². The maximum Gasteiger partial charge on any atom is 0.253 e. The Morgan fingerprint density at radius 1 is 1.15 bits per heavy atom. The van der Waals surface area contributed by atoms with Crippen LogP contribution in [0.25, 0.3) is 0 Å². The highest BCUT2D eigenvalue weighted by Gasteiger charge is 2.30. The third kappa shape index (κ3) is 4.04. The van der Waals surface area contributed by atoms with Crippen LogP contribution in [-0.4, -0.2) is 45.5 Å². The second kappa shape index (κ2) is 7.96. The normalized spacial score (nSPS) is 23.8. The van der Waals surface area contributed by atoms with Gasteiger partial charge in [-0.1, -0.05) is 19.8 Å². The number of methoxy groups -OCH3 is 1. The molecule has 2 aliphatic rings. The molecule has 26 heavy (non-hydrogen) atoms. The van der Waals surface area contributed by atoms with Crippen molar-refractivity contribution < 1.29 is 17.9 Å². The number of carbonyl (C=O) groups excluding carboxylic acids is 1. The molecule has 0 aromatic heterocycles. The summed E-state index contributed by atoms with van der Waals surface area (Å²) in [7, 11) is -2.32. The highest BCUT2D eigenvalue weighted by atomic mass is 32.2. The molecule has 2 atom stereocenters. The molecule has 1 aromatic carbocycles. The topological polar surface area (TPSA) is 75.7 Å². The molecule has 1 aliphatic heterocycles. The highest BCUT2D eigenvalue weighted by molar-refractivity contribution is 7.89. The van der Waals surface area contributed by atoms with Gasteiger partial charge in [-0.25, -0.2) is 13.1 Å². The van der Waals surface area contributed by atoms with E-state index in [1.807, 2.05) is 0 Å². The van der Waals surface area contributed by atoms with Crippen molar-refractivity contribution in [2.75, 3.05) is 20.2 Å². The quantitative estimate of drug-likeness (QED) is 0.852. The number of sulfonamides is 1. The number of hydrogen-bond acceptors (Lipinski definition) is 4. The van der Waals surface area contributed by atoms with Crippen molar-refractivity contribution in [1.82, 2.24) is 9.62 Å². The minimum Gasteiger partial charge on any atom is -0.495 e. The van der Waals surface area contributed by atoms with Gasteiger partial charge in [0.15, 0.2) is 0 Å². The van der Waals surface area contributed by atoms with Gasteiger partial charge in [-0.05, 0) is 49.8 Å². The number of carbonyl (C=O) groups is 1. The van der Waals surface area contributed by atoms with Gasteiger partial charge in [0, 0.05) is 24.7 Å². The first-order valence-corrected chi connectivity index (χ1v) is 10.9. The molecule has 3 rings (SSSR count). The first-order chi connectivity index (χ1) is 12.4. The van der Waals surface area contributed by atoms with E-state index in [1.165, 1.54) is 13.2 Å². The molecule has 1 amide bonds. The van der Waals surface area contributed by atoms with E-state index >= 15 is 0 Å². The lowest BCUT2D eigenvalue weighted by Gasteiger charge is -2.29. The molecule has 0 radical (unpaired) electrons. The fourth-order valence-electron chi connectivity index (χ4n) is 3.88. The second-order valence-electron chi connectivity index (χ2n) is 7.35. The molecule has 0 bridgehead atoms. The lowest BCUT2D eigenvalue weighted by atomic mass is 9.87. The predicted molar refractivity (Wildman–Crippen MR) is 99.9 cm³/mol. The largest absolute Gasteiger partial charge is 0.495 e. The molecule has 1 aliphatic carbocycles. The van der Waals surface area contributed by atoms with Gasteiger partial charge in [0.1, 0.15) is 10.6 Å². The maximum atomic E-state index is 13.0.